The molecule has 2 bridgehead atoms. The highest BCUT2D eigenvalue weighted by Crippen LogP contribution is 2.61. The second-order valence-corrected chi connectivity index (χ2v) is 25.8. The predicted octanol–water partition coefficient (Wildman–Crippen LogP) is 5.25. The summed E-state index contributed by atoms with van der Waals surface area (Å²) in [6, 6.07) is -0.595. The van der Waals surface area contributed by atoms with Crippen molar-refractivity contribution in [3.63, 3.8) is 0 Å². The van der Waals surface area contributed by atoms with Crippen LogP contribution in [0, 0.1) is 46.8 Å². The van der Waals surface area contributed by atoms with Gasteiger partial charge in [0.2, 0.25) is 5.78 Å². The molecule has 21 heteroatoms. The van der Waals surface area contributed by atoms with Crippen molar-refractivity contribution in [2.24, 2.45) is 52.6 Å². The third-order valence-corrected chi connectivity index (χ3v) is 19.9. The van der Waals surface area contributed by atoms with Crippen molar-refractivity contribution >= 4 is 17.8 Å². The smallest absolute Gasteiger partial charge is 0.407 e. The molecule has 5 saturated heterocycles. The Bertz CT molecular complexity index is 2490. The molecule has 82 heavy (non-hydrogen) atoms. The second kappa shape index (κ2) is 24.6. The lowest BCUT2D eigenvalue weighted by molar-refractivity contribution is -0.335. The van der Waals surface area contributed by atoms with E-state index in [1.54, 1.807) is 26.8 Å². The van der Waals surface area contributed by atoms with Crippen LogP contribution in [0.2, 0.25) is 0 Å². The Hall–Kier alpha value is -3.65. The minimum atomic E-state index is -1.75. The van der Waals surface area contributed by atoms with E-state index in [9.17, 15) is 35.1 Å². The average molecular weight is 1160 g/mol. The zero-order valence-corrected chi connectivity index (χ0v) is 49.9. The number of esters is 1. The third-order valence-electron chi connectivity index (χ3n) is 19.9. The zero-order valence-electron chi connectivity index (χ0n) is 49.9. The van der Waals surface area contributed by atoms with Gasteiger partial charge in [-0.15, -0.1) is 0 Å². The molecule has 0 aromatic rings. The quantitative estimate of drug-likeness (QED) is 0.0789. The Labute approximate surface area is 482 Å². The first-order valence-electron chi connectivity index (χ1n) is 29.7. The van der Waals surface area contributed by atoms with E-state index in [4.69, 9.17) is 57.8 Å². The van der Waals surface area contributed by atoms with Crippen LogP contribution in [0.4, 0.5) is 4.79 Å². The molecule has 6 fully saturated rings. The molecule has 5 heterocycles. The predicted molar refractivity (Wildman–Crippen MR) is 295 cm³/mol. The van der Waals surface area contributed by atoms with E-state index in [-0.39, 0.29) is 73.7 Å². The van der Waals surface area contributed by atoms with E-state index in [1.807, 2.05) is 47.6 Å². The summed E-state index contributed by atoms with van der Waals surface area (Å²) in [7, 11) is 2.79. The molecule has 0 radical (unpaired) electrons. The van der Waals surface area contributed by atoms with E-state index in [0.29, 0.717) is 24.0 Å². The Morgan fingerprint density at radius 2 is 1.37 bits per heavy atom. The van der Waals surface area contributed by atoms with E-state index in [2.05, 4.69) is 37.4 Å². The SMILES string of the molecule is COC(=O)N[C@@H]1[C@H](C)O[C@@H](O[C@H]2C/C=C(/C)[C@H]3C=C[C@H]4[C@H](O[C@@H]5C[C@@H](O[C@@H]6C[C@@H](O)[C@@H](O[C@@H]7C[C@@H](O)[C@@H](OC)[C@H](C)O7)[C@H](C)O6)[C@@H](O)[C@H](C)O5)[C@H](C)C[C@@H](C)[C@@H]4[C@@]3(C)/C(O)=C3/C(=O)O[C@]4(C[C@H](C)C(CO)=C[C@H]4/C=C\2C)C3=O)C[C@@]1(C)N. The molecule has 21 nitrogen and oxygen atoms in total. The third kappa shape index (κ3) is 11.8. The largest absolute Gasteiger partial charge is 0.511 e. The number of alkyl carbamates (subject to hydrolysis) is 1. The zero-order chi connectivity index (χ0) is 59.7. The summed E-state index contributed by atoms with van der Waals surface area (Å²) in [5.41, 5.74) is 4.75. The molecule has 460 valence electrons. The average Bonchev–Trinajstić information content (AvgIpc) is 3.56. The van der Waals surface area contributed by atoms with Crippen molar-refractivity contribution in [1.29, 1.82) is 0 Å². The van der Waals surface area contributed by atoms with Crippen molar-refractivity contribution in [3.05, 3.63) is 58.4 Å². The number of nitrogens with one attached hydrogen (secondary N) is 1. The first-order valence-corrected chi connectivity index (χ1v) is 29.7. The van der Waals surface area contributed by atoms with Gasteiger partial charge in [-0.1, -0.05) is 63.6 Å². The van der Waals surface area contributed by atoms with Crippen LogP contribution >= 0.6 is 0 Å². The number of amides is 1. The molecule has 0 aromatic carbocycles. The number of methoxy groups -OCH3 is 2. The molecule has 0 unspecified atom stereocenters. The lowest BCUT2D eigenvalue weighted by Gasteiger charge is -2.56. The van der Waals surface area contributed by atoms with Crippen LogP contribution in [0.25, 0.3) is 0 Å². The lowest BCUT2D eigenvalue weighted by Crippen LogP contribution is -2.66. The van der Waals surface area contributed by atoms with Gasteiger partial charge in [-0.05, 0) is 96.1 Å². The molecule has 8 N–H and O–H groups in total. The number of aliphatic hydroxyl groups excluding tert-OH is 5. The van der Waals surface area contributed by atoms with Crippen LogP contribution in [0.15, 0.2) is 58.4 Å². The summed E-state index contributed by atoms with van der Waals surface area (Å²) in [4.78, 5) is 42.6. The molecule has 1 amide bonds. The number of nitrogens with two attached hydrogens (primary N) is 1. The number of rotatable bonds is 11. The molecule has 5 aliphatic heterocycles. The van der Waals surface area contributed by atoms with Crippen LogP contribution in [0.1, 0.15) is 121 Å². The monoisotopic (exact) mass is 1160 g/mol. The van der Waals surface area contributed by atoms with Crippen molar-refractivity contribution < 1.29 is 92.0 Å². The maximum Gasteiger partial charge on any atom is 0.407 e. The summed E-state index contributed by atoms with van der Waals surface area (Å²) >= 11 is 0. The fraction of sp³-hybridized carbons (Fsp3) is 0.787. The van der Waals surface area contributed by atoms with Gasteiger partial charge in [0.15, 0.2) is 30.8 Å². The van der Waals surface area contributed by atoms with Crippen LogP contribution in [-0.2, 0) is 61.7 Å². The second-order valence-electron chi connectivity index (χ2n) is 25.8. The molecule has 0 aromatic heterocycles. The summed E-state index contributed by atoms with van der Waals surface area (Å²) in [6.45, 7) is 20.6. The highest BCUT2D eigenvalue weighted by atomic mass is 16.7. The number of ether oxygens (including phenoxy) is 11. The van der Waals surface area contributed by atoms with Gasteiger partial charge < -0.3 is 88.7 Å². The highest BCUT2D eigenvalue weighted by Gasteiger charge is 2.64. The lowest BCUT2D eigenvalue weighted by atomic mass is 9.49. The molecular formula is C61H92N2O19. The van der Waals surface area contributed by atoms with Gasteiger partial charge in [0.1, 0.15) is 29.6 Å². The Morgan fingerprint density at radius 1 is 0.744 bits per heavy atom. The number of Topliss-reactive ketones (excluding diaryl/α,β-unsaturated/α-hetero) is 1. The van der Waals surface area contributed by atoms with E-state index in [1.165, 1.54) is 14.2 Å². The van der Waals surface area contributed by atoms with E-state index in [0.717, 1.165) is 5.57 Å². The first-order chi connectivity index (χ1) is 38.6. The van der Waals surface area contributed by atoms with Gasteiger partial charge in [0.05, 0.1) is 74.7 Å². The molecule has 9 rings (SSSR count). The number of fused-ring (bicyclic) bond motifs is 4. The standard InChI is InChI=1S/C61H92N2O19/c1-27-14-17-42(78-47-25-59(10,62)54(35(9)77-47)63-58(71)73-13)28(2)19-37-20-36(26-64)31(5)24-61(37)56(69)48(57(70)82-61)55(68)60(11)39(27)16-15-38-49(60)29(3)18-30(4)51(38)80-46-23-43(50(67)32(6)74-46)79-44-22-41(66)53(34(8)76-44)81-45-21-40(65)52(72-12)33(7)75-45/h14-16,19-20,29-35,37-47,49-54,64-68H,17-18,21-26,62H2,1-13H3,(H,63,71)/b27-14-,28-19-,55-48-/t29-,30-,31+,32+,33+,34+,35+,37-,38-,39-,40-,41-,42+,43-,44-,45-,46-,47+,49+,50+,51-,52+,53+,54-,59-,60+,61+/m1/s1. The van der Waals surface area contributed by atoms with Crippen LogP contribution < -0.4 is 11.1 Å². The van der Waals surface area contributed by atoms with Gasteiger partial charge in [0.25, 0.3) is 0 Å². The van der Waals surface area contributed by atoms with Gasteiger partial charge in [-0.25, -0.2) is 9.59 Å². The van der Waals surface area contributed by atoms with Crippen molar-refractivity contribution in [2.75, 3.05) is 20.8 Å². The van der Waals surface area contributed by atoms with Crippen molar-refractivity contribution in [3.8, 4) is 0 Å². The number of hydrogen-bond acceptors (Lipinski definition) is 20. The summed E-state index contributed by atoms with van der Waals surface area (Å²) < 4.78 is 68.4. The molecule has 4 aliphatic carbocycles. The topological polar surface area (TPSA) is 292 Å². The van der Waals surface area contributed by atoms with E-state index < -0.39 is 157 Å². The number of carbonyl (C=O) groups excluding carboxylic acids is 3. The molecular weight excluding hydrogens is 1060 g/mol. The van der Waals surface area contributed by atoms with Gasteiger partial charge >= 0.3 is 12.1 Å². The number of allylic oxidation sites excluding steroid dienone is 3. The highest BCUT2D eigenvalue weighted by molar-refractivity contribution is 6.26. The fourth-order valence-corrected chi connectivity index (χ4v) is 15.7. The molecule has 27 atom stereocenters. The van der Waals surface area contributed by atoms with Crippen molar-refractivity contribution in [2.45, 2.75) is 237 Å². The van der Waals surface area contributed by atoms with Gasteiger partial charge in [-0.2, -0.15) is 0 Å². The number of carbonyl (C=O) groups is 3. The first kappa shape index (κ1) is 62.9. The maximum absolute atomic E-state index is 15.6. The molecule has 9 aliphatic rings. The molecule has 1 saturated carbocycles. The van der Waals surface area contributed by atoms with Crippen LogP contribution in [0.5, 0.6) is 0 Å². The Morgan fingerprint density at radius 3 is 2.00 bits per heavy atom. The molecule has 1 spiro atoms. The normalized spacial score (nSPS) is 50.3. The van der Waals surface area contributed by atoms with Gasteiger partial charge in [0, 0.05) is 67.9 Å². The van der Waals surface area contributed by atoms with Crippen LogP contribution in [-0.4, -0.2) is 180 Å². The Balaban J connectivity index is 1.00. The summed E-state index contributed by atoms with van der Waals surface area (Å²) in [5, 5.41) is 60.3. The van der Waals surface area contributed by atoms with Crippen LogP contribution in [0.3, 0.4) is 0 Å². The minimum Gasteiger partial charge on any atom is -0.511 e. The fourth-order valence-electron chi connectivity index (χ4n) is 15.7. The van der Waals surface area contributed by atoms with Crippen molar-refractivity contribution in [1.82, 2.24) is 5.32 Å². The number of ketones is 1. The maximum atomic E-state index is 15.6. The number of hydrogen-bond donors (Lipinski definition) is 7. The minimum absolute atomic E-state index is 0.0320. The van der Waals surface area contributed by atoms with E-state index >= 15 is 4.79 Å². The summed E-state index contributed by atoms with van der Waals surface area (Å²) in [5.74, 6) is -4.54. The summed E-state index contributed by atoms with van der Waals surface area (Å²) in [6.07, 6.45) is -1.16. The van der Waals surface area contributed by atoms with Gasteiger partial charge in [-0.3, -0.25) is 4.79 Å². The Kier molecular flexibility index (Phi) is 18.9. The number of aliphatic hydroxyl groups is 5.